The molecule has 2 aromatic rings. The van der Waals surface area contributed by atoms with Gasteiger partial charge in [0.1, 0.15) is 0 Å². The number of nitrogens with one attached hydrogen (secondary N) is 2. The number of nitrogens with zero attached hydrogens (tertiary/aromatic N) is 1. The number of hydrogen-bond donors (Lipinski definition) is 2. The Morgan fingerprint density at radius 2 is 2.17 bits per heavy atom. The SMILES string of the molecule is O=C(Nc1ncc(C2CCNCC2)s1)c1cccc2c1OCO2. The van der Waals surface area contributed by atoms with Gasteiger partial charge in [0.15, 0.2) is 16.6 Å². The smallest absolute Gasteiger partial charge is 0.261 e. The first-order chi connectivity index (χ1) is 11.3. The zero-order valence-corrected chi connectivity index (χ0v) is 13.3. The molecule has 23 heavy (non-hydrogen) atoms. The molecule has 0 aliphatic carbocycles. The van der Waals surface area contributed by atoms with E-state index in [9.17, 15) is 4.79 Å². The zero-order chi connectivity index (χ0) is 15.6. The van der Waals surface area contributed by atoms with Crippen LogP contribution in [0.2, 0.25) is 0 Å². The molecule has 1 aromatic heterocycles. The highest BCUT2D eigenvalue weighted by atomic mass is 32.1. The van der Waals surface area contributed by atoms with Gasteiger partial charge in [-0.2, -0.15) is 0 Å². The summed E-state index contributed by atoms with van der Waals surface area (Å²) in [4.78, 5) is 18.0. The number of anilines is 1. The van der Waals surface area contributed by atoms with Crippen molar-refractivity contribution in [2.45, 2.75) is 18.8 Å². The molecule has 2 aliphatic rings. The fourth-order valence-electron chi connectivity index (χ4n) is 2.91. The molecule has 1 saturated heterocycles. The highest BCUT2D eigenvalue weighted by molar-refractivity contribution is 7.15. The summed E-state index contributed by atoms with van der Waals surface area (Å²) in [6.45, 7) is 2.23. The second kappa shape index (κ2) is 6.17. The topological polar surface area (TPSA) is 72.5 Å². The lowest BCUT2D eigenvalue weighted by atomic mass is 9.97. The Morgan fingerprint density at radius 1 is 1.30 bits per heavy atom. The summed E-state index contributed by atoms with van der Waals surface area (Å²) in [7, 11) is 0. The molecule has 0 bridgehead atoms. The van der Waals surface area contributed by atoms with Gasteiger partial charge in [0.25, 0.3) is 5.91 Å². The van der Waals surface area contributed by atoms with E-state index >= 15 is 0 Å². The number of ether oxygens (including phenoxy) is 2. The molecule has 7 heteroatoms. The Bertz CT molecular complexity index is 725. The van der Waals surface area contributed by atoms with Crippen molar-refractivity contribution in [1.82, 2.24) is 10.3 Å². The third-order valence-corrected chi connectivity index (χ3v) is 5.20. The molecule has 4 rings (SSSR count). The van der Waals surface area contributed by atoms with Crippen LogP contribution in [0, 0.1) is 0 Å². The number of rotatable bonds is 3. The fourth-order valence-corrected chi connectivity index (χ4v) is 3.89. The van der Waals surface area contributed by atoms with Gasteiger partial charge in [0.05, 0.1) is 5.56 Å². The van der Waals surface area contributed by atoms with Gasteiger partial charge >= 0.3 is 0 Å². The van der Waals surface area contributed by atoms with Crippen LogP contribution in [-0.2, 0) is 0 Å². The van der Waals surface area contributed by atoms with Crippen LogP contribution in [0.15, 0.2) is 24.4 Å². The molecular weight excluding hydrogens is 314 g/mol. The molecule has 6 nitrogen and oxygen atoms in total. The van der Waals surface area contributed by atoms with E-state index in [1.807, 2.05) is 6.20 Å². The van der Waals surface area contributed by atoms with Gasteiger partial charge in [0.2, 0.25) is 6.79 Å². The summed E-state index contributed by atoms with van der Waals surface area (Å²) >= 11 is 1.55. The molecular formula is C16H17N3O3S. The lowest BCUT2D eigenvalue weighted by Crippen LogP contribution is -2.26. The number of fused-ring (bicyclic) bond motifs is 1. The molecule has 2 aliphatic heterocycles. The van der Waals surface area contributed by atoms with E-state index in [1.54, 1.807) is 29.5 Å². The second-order valence-corrected chi connectivity index (χ2v) is 6.65. The minimum Gasteiger partial charge on any atom is -0.454 e. The lowest BCUT2D eigenvalue weighted by molar-refractivity contribution is 0.102. The number of carbonyl (C=O) groups excluding carboxylic acids is 1. The maximum atomic E-state index is 12.5. The number of benzene rings is 1. The van der Waals surface area contributed by atoms with Crippen molar-refractivity contribution in [3.63, 3.8) is 0 Å². The Balaban J connectivity index is 1.49. The van der Waals surface area contributed by atoms with Gasteiger partial charge in [0, 0.05) is 11.1 Å². The number of carbonyl (C=O) groups is 1. The molecule has 1 fully saturated rings. The standard InChI is InChI=1S/C16H17N3O3S/c20-15(11-2-1-3-12-14(11)22-9-21-12)19-16-18-8-13(23-16)10-4-6-17-7-5-10/h1-3,8,10,17H,4-7,9H2,(H,18,19,20). The van der Waals surface area contributed by atoms with Crippen LogP contribution in [0.25, 0.3) is 0 Å². The summed E-state index contributed by atoms with van der Waals surface area (Å²) in [5.74, 6) is 1.42. The summed E-state index contributed by atoms with van der Waals surface area (Å²) < 4.78 is 10.7. The number of piperidine rings is 1. The molecule has 0 atom stereocenters. The van der Waals surface area contributed by atoms with Gasteiger partial charge in [-0.25, -0.2) is 4.98 Å². The number of hydrogen-bond acceptors (Lipinski definition) is 6. The van der Waals surface area contributed by atoms with E-state index in [2.05, 4.69) is 15.6 Å². The molecule has 0 unspecified atom stereocenters. The predicted molar refractivity (Wildman–Crippen MR) is 87.5 cm³/mol. The van der Waals surface area contributed by atoms with Gasteiger partial charge in [-0.3, -0.25) is 10.1 Å². The van der Waals surface area contributed by atoms with E-state index in [-0.39, 0.29) is 12.7 Å². The maximum Gasteiger partial charge on any atom is 0.261 e. The van der Waals surface area contributed by atoms with E-state index in [0.29, 0.717) is 28.1 Å². The van der Waals surface area contributed by atoms with Crippen molar-refractivity contribution in [1.29, 1.82) is 0 Å². The fraction of sp³-hybridized carbons (Fsp3) is 0.375. The van der Waals surface area contributed by atoms with E-state index in [4.69, 9.17) is 9.47 Å². The van der Waals surface area contributed by atoms with E-state index in [1.165, 1.54) is 4.88 Å². The summed E-state index contributed by atoms with van der Waals surface area (Å²) in [6, 6.07) is 5.30. The van der Waals surface area contributed by atoms with Crippen LogP contribution in [0.5, 0.6) is 11.5 Å². The van der Waals surface area contributed by atoms with Crippen LogP contribution in [0.4, 0.5) is 5.13 Å². The average Bonchev–Trinajstić information content (AvgIpc) is 3.24. The first-order valence-electron chi connectivity index (χ1n) is 7.67. The van der Waals surface area contributed by atoms with Crippen LogP contribution in [0.3, 0.4) is 0 Å². The Kier molecular flexibility index (Phi) is 3.88. The van der Waals surface area contributed by atoms with Crippen molar-refractivity contribution in [3.8, 4) is 11.5 Å². The largest absolute Gasteiger partial charge is 0.454 e. The molecule has 0 spiro atoms. The van der Waals surface area contributed by atoms with E-state index in [0.717, 1.165) is 25.9 Å². The maximum absolute atomic E-state index is 12.5. The second-order valence-electron chi connectivity index (χ2n) is 5.59. The molecule has 1 amide bonds. The van der Waals surface area contributed by atoms with Crippen LogP contribution in [0.1, 0.15) is 34.0 Å². The Labute approximate surface area is 137 Å². The molecule has 120 valence electrons. The first-order valence-corrected chi connectivity index (χ1v) is 8.49. The van der Waals surface area contributed by atoms with Gasteiger partial charge in [-0.1, -0.05) is 6.07 Å². The minimum absolute atomic E-state index is 0.150. The monoisotopic (exact) mass is 331 g/mol. The third kappa shape index (κ3) is 2.89. The predicted octanol–water partition coefficient (Wildman–Crippen LogP) is 2.59. The Hall–Kier alpha value is -2.12. The quantitative estimate of drug-likeness (QED) is 0.904. The Morgan fingerprint density at radius 3 is 3.04 bits per heavy atom. The highest BCUT2D eigenvalue weighted by Gasteiger charge is 2.23. The number of amides is 1. The molecule has 1 aromatic carbocycles. The van der Waals surface area contributed by atoms with Crippen molar-refractivity contribution >= 4 is 22.4 Å². The molecule has 0 radical (unpaired) electrons. The summed E-state index contributed by atoms with van der Waals surface area (Å²) in [5, 5.41) is 6.85. The van der Waals surface area contributed by atoms with Gasteiger partial charge in [-0.05, 0) is 44.0 Å². The van der Waals surface area contributed by atoms with Gasteiger partial charge in [-0.15, -0.1) is 11.3 Å². The number of para-hydroxylation sites is 1. The van der Waals surface area contributed by atoms with E-state index < -0.39 is 0 Å². The first kappa shape index (κ1) is 14.5. The summed E-state index contributed by atoms with van der Waals surface area (Å²) in [5.41, 5.74) is 0.471. The van der Waals surface area contributed by atoms with Crippen LogP contribution in [-0.4, -0.2) is 30.8 Å². The average molecular weight is 331 g/mol. The van der Waals surface area contributed by atoms with Crippen molar-refractivity contribution in [3.05, 3.63) is 34.8 Å². The van der Waals surface area contributed by atoms with Crippen molar-refractivity contribution in [2.24, 2.45) is 0 Å². The minimum atomic E-state index is -0.224. The van der Waals surface area contributed by atoms with Gasteiger partial charge < -0.3 is 14.8 Å². The highest BCUT2D eigenvalue weighted by Crippen LogP contribution is 2.36. The molecule has 2 N–H and O–H groups in total. The van der Waals surface area contributed by atoms with Crippen molar-refractivity contribution in [2.75, 3.05) is 25.2 Å². The number of thiazole rings is 1. The third-order valence-electron chi connectivity index (χ3n) is 4.13. The molecule has 3 heterocycles. The zero-order valence-electron chi connectivity index (χ0n) is 12.5. The number of aromatic nitrogens is 1. The summed E-state index contributed by atoms with van der Waals surface area (Å²) in [6.07, 6.45) is 4.12. The normalized spacial score (nSPS) is 17.2. The van der Waals surface area contributed by atoms with Crippen molar-refractivity contribution < 1.29 is 14.3 Å². The van der Waals surface area contributed by atoms with Crippen LogP contribution < -0.4 is 20.1 Å². The lowest BCUT2D eigenvalue weighted by Gasteiger charge is -2.20. The molecule has 0 saturated carbocycles. The van der Waals surface area contributed by atoms with Crippen LogP contribution >= 0.6 is 11.3 Å².